The number of nitrogens with zero attached hydrogens (tertiary/aromatic N) is 2. The van der Waals surface area contributed by atoms with Gasteiger partial charge in [0.15, 0.2) is 0 Å². The minimum Gasteiger partial charge on any atom is -0.417 e. The topological polar surface area (TPSA) is 125 Å². The fourth-order valence-electron chi connectivity index (χ4n) is 4.77. The van der Waals surface area contributed by atoms with Gasteiger partial charge in [-0.25, -0.2) is 0 Å². The van der Waals surface area contributed by atoms with Gasteiger partial charge in [-0.05, 0) is 50.7 Å². The van der Waals surface area contributed by atoms with E-state index in [9.17, 15) is 14.4 Å². The second-order valence-corrected chi connectivity index (χ2v) is 11.4. The van der Waals surface area contributed by atoms with Crippen molar-refractivity contribution in [3.05, 3.63) is 48.3 Å². The lowest BCUT2D eigenvalue weighted by atomic mass is 10.0. The highest BCUT2D eigenvalue weighted by atomic mass is 16.6. The van der Waals surface area contributed by atoms with Gasteiger partial charge in [0, 0.05) is 23.8 Å². The number of piperidine rings is 1. The maximum atomic E-state index is 12.2. The summed E-state index contributed by atoms with van der Waals surface area (Å²) in [7, 11) is 1.67. The number of nitrogens with one attached hydrogen (secondary N) is 3. The molecule has 254 valence electrons. The first kappa shape index (κ1) is 39.5. The summed E-state index contributed by atoms with van der Waals surface area (Å²) in [4.78, 5) is 42.3. The molecule has 2 unspecified atom stereocenters. The number of benzene rings is 1. The van der Waals surface area contributed by atoms with Crippen LogP contribution in [0.1, 0.15) is 97.5 Å². The number of aromatic nitrogens is 1. The summed E-state index contributed by atoms with van der Waals surface area (Å²) >= 11 is 0. The molecule has 4 N–H and O–H groups in total. The quantitative estimate of drug-likeness (QED) is 0.324. The van der Waals surface area contributed by atoms with E-state index < -0.39 is 0 Å². The average Bonchev–Trinajstić information content (AvgIpc) is 3.40. The van der Waals surface area contributed by atoms with E-state index in [0.717, 1.165) is 49.9 Å². The van der Waals surface area contributed by atoms with Gasteiger partial charge >= 0.3 is 0 Å². The number of hydrogen-bond acceptors (Lipinski definition) is 6. The molecule has 0 spiro atoms. The highest BCUT2D eigenvalue weighted by molar-refractivity contribution is 5.90. The number of aryl methyl sites for hydroxylation is 1. The Balaban J connectivity index is 0.000000344. The van der Waals surface area contributed by atoms with Gasteiger partial charge in [-0.3, -0.25) is 14.4 Å². The van der Waals surface area contributed by atoms with Crippen molar-refractivity contribution < 1.29 is 24.3 Å². The van der Waals surface area contributed by atoms with Gasteiger partial charge < -0.3 is 30.8 Å². The normalized spacial score (nSPS) is 17.6. The van der Waals surface area contributed by atoms with Crippen molar-refractivity contribution in [3.8, 4) is 0 Å². The first-order valence-corrected chi connectivity index (χ1v) is 16.7. The number of para-hydroxylation sites is 1. The van der Waals surface area contributed by atoms with Crippen LogP contribution in [0.5, 0.6) is 0 Å². The SMILES string of the molecule is C=C1CNC(=O)CNC(=O)CNC(=O)C2CCCCN12.CCCC.CCCCCC(O)CC.COn1cc(C)c2ccccc21. The van der Waals surface area contributed by atoms with E-state index in [4.69, 9.17) is 9.94 Å². The van der Waals surface area contributed by atoms with Crippen LogP contribution in [0.4, 0.5) is 0 Å². The Bertz CT molecular complexity index is 1120. The van der Waals surface area contributed by atoms with E-state index in [1.807, 2.05) is 36.2 Å². The second kappa shape index (κ2) is 22.9. The van der Waals surface area contributed by atoms with Gasteiger partial charge in [0.1, 0.15) is 13.2 Å². The minimum absolute atomic E-state index is 0.0449. The number of rotatable bonds is 7. The van der Waals surface area contributed by atoms with E-state index in [2.05, 4.69) is 56.3 Å². The third kappa shape index (κ3) is 14.9. The molecule has 0 aliphatic carbocycles. The van der Waals surface area contributed by atoms with Gasteiger partial charge in [-0.15, -0.1) is 0 Å². The van der Waals surface area contributed by atoms with Crippen molar-refractivity contribution >= 4 is 28.6 Å². The molecule has 2 aliphatic rings. The minimum atomic E-state index is -0.366. The number of carbonyl (C=O) groups is 3. The van der Waals surface area contributed by atoms with Crippen molar-refractivity contribution in [2.45, 2.75) is 111 Å². The van der Waals surface area contributed by atoms with Crippen molar-refractivity contribution in [1.29, 1.82) is 0 Å². The number of aliphatic hydroxyl groups is 1. The zero-order chi connectivity index (χ0) is 33.6. The summed E-state index contributed by atoms with van der Waals surface area (Å²) in [5, 5.41) is 18.1. The van der Waals surface area contributed by atoms with Crippen molar-refractivity contribution in [3.63, 3.8) is 0 Å². The Labute approximate surface area is 270 Å². The molecule has 3 heterocycles. The molecular formula is C35H59N5O5. The Morgan fingerprint density at radius 1 is 0.933 bits per heavy atom. The van der Waals surface area contributed by atoms with Crippen molar-refractivity contribution in [2.24, 2.45) is 0 Å². The molecular weight excluding hydrogens is 570 g/mol. The van der Waals surface area contributed by atoms with E-state index >= 15 is 0 Å². The van der Waals surface area contributed by atoms with Crippen LogP contribution in [0.25, 0.3) is 10.9 Å². The predicted octanol–water partition coefficient (Wildman–Crippen LogP) is 4.87. The van der Waals surface area contributed by atoms with Crippen LogP contribution in [0.2, 0.25) is 0 Å². The number of fused-ring (bicyclic) bond motifs is 2. The standard InChI is InChI=1S/C13H20N4O3.C10H11NO.C8H18O.C4H10/c1-9-6-14-11(18)7-15-12(19)8-16-13(20)10-4-2-3-5-17(9)10;1-8-7-11(12-2)10-6-4-3-5-9(8)10;1-3-5-6-7-8(9)4-2;1-3-4-2/h10H,1-8H2,(H,14,18)(H,15,19)(H,16,20);3-7H,1-2H3;8-9H,3-7H2,1-2H3;3-4H2,1-2H3. The Kier molecular flexibility index (Phi) is 20.1. The molecule has 0 radical (unpaired) electrons. The zero-order valence-corrected chi connectivity index (χ0v) is 28.6. The summed E-state index contributed by atoms with van der Waals surface area (Å²) in [6.45, 7) is 15.4. The monoisotopic (exact) mass is 629 g/mol. The highest BCUT2D eigenvalue weighted by Gasteiger charge is 2.30. The van der Waals surface area contributed by atoms with Crippen molar-refractivity contribution in [2.75, 3.05) is 33.3 Å². The Morgan fingerprint density at radius 2 is 1.58 bits per heavy atom. The lowest BCUT2D eigenvalue weighted by Gasteiger charge is -2.37. The van der Waals surface area contributed by atoms with Crippen LogP contribution >= 0.6 is 0 Å². The van der Waals surface area contributed by atoms with Crippen LogP contribution in [0.3, 0.4) is 0 Å². The molecule has 2 aromatic rings. The van der Waals surface area contributed by atoms with Crippen LogP contribution in [-0.4, -0.2) is 77.9 Å². The number of carbonyl (C=O) groups excluding carboxylic acids is 3. The molecule has 2 aliphatic heterocycles. The van der Waals surface area contributed by atoms with Crippen LogP contribution in [0.15, 0.2) is 42.7 Å². The van der Waals surface area contributed by atoms with Crippen LogP contribution in [0, 0.1) is 6.92 Å². The number of amides is 3. The van der Waals surface area contributed by atoms with E-state index in [1.165, 1.54) is 43.1 Å². The lowest BCUT2D eigenvalue weighted by molar-refractivity contribution is -0.130. The van der Waals surface area contributed by atoms with Gasteiger partial charge in [-0.2, -0.15) is 4.73 Å². The number of unbranched alkanes of at least 4 members (excludes halogenated alkanes) is 3. The zero-order valence-electron chi connectivity index (χ0n) is 28.6. The maximum absolute atomic E-state index is 12.2. The first-order valence-electron chi connectivity index (χ1n) is 16.7. The molecule has 3 amide bonds. The average molecular weight is 630 g/mol. The molecule has 10 heteroatoms. The smallest absolute Gasteiger partial charge is 0.243 e. The maximum Gasteiger partial charge on any atom is 0.243 e. The van der Waals surface area contributed by atoms with E-state index in [1.54, 1.807) is 11.8 Å². The van der Waals surface area contributed by atoms with E-state index in [0.29, 0.717) is 6.54 Å². The lowest BCUT2D eigenvalue weighted by Crippen LogP contribution is -2.53. The summed E-state index contributed by atoms with van der Waals surface area (Å²) < 4.78 is 1.78. The fourth-order valence-corrected chi connectivity index (χ4v) is 4.77. The number of hydrogen-bond donors (Lipinski definition) is 4. The molecule has 10 nitrogen and oxygen atoms in total. The summed E-state index contributed by atoms with van der Waals surface area (Å²) in [5.41, 5.74) is 3.09. The van der Waals surface area contributed by atoms with Gasteiger partial charge in [-0.1, -0.05) is 84.6 Å². The summed E-state index contributed by atoms with van der Waals surface area (Å²) in [6.07, 6.45) is 12.9. The fraction of sp³-hybridized carbons (Fsp3) is 0.629. The van der Waals surface area contributed by atoms with Crippen molar-refractivity contribution in [1.82, 2.24) is 25.6 Å². The molecule has 2 atom stereocenters. The van der Waals surface area contributed by atoms with Gasteiger partial charge in [0.25, 0.3) is 0 Å². The van der Waals surface area contributed by atoms with Crippen LogP contribution < -0.4 is 20.8 Å². The van der Waals surface area contributed by atoms with Gasteiger partial charge in [0.05, 0.1) is 31.3 Å². The summed E-state index contributed by atoms with van der Waals surface area (Å²) in [5.74, 6) is -0.789. The molecule has 1 aromatic heterocycles. The molecule has 0 saturated carbocycles. The molecule has 0 bridgehead atoms. The Hall–Kier alpha value is -3.53. The number of aliphatic hydroxyl groups excluding tert-OH is 1. The predicted molar refractivity (Wildman–Crippen MR) is 183 cm³/mol. The molecule has 4 rings (SSSR count). The van der Waals surface area contributed by atoms with E-state index in [-0.39, 0.29) is 43.0 Å². The first-order chi connectivity index (χ1) is 21.6. The second-order valence-electron chi connectivity index (χ2n) is 11.4. The third-order valence-corrected chi connectivity index (χ3v) is 7.76. The largest absolute Gasteiger partial charge is 0.417 e. The van der Waals surface area contributed by atoms with Crippen LogP contribution in [-0.2, 0) is 14.4 Å². The molecule has 2 fully saturated rings. The Morgan fingerprint density at radius 3 is 2.20 bits per heavy atom. The summed E-state index contributed by atoms with van der Waals surface area (Å²) in [6, 6.07) is 7.89. The third-order valence-electron chi connectivity index (χ3n) is 7.76. The molecule has 2 saturated heterocycles. The molecule has 45 heavy (non-hydrogen) atoms. The molecule has 1 aromatic carbocycles. The highest BCUT2D eigenvalue weighted by Crippen LogP contribution is 2.21. The van der Waals surface area contributed by atoms with Gasteiger partial charge in [0.2, 0.25) is 17.7 Å².